The molecule has 1 rings (SSSR count). The van der Waals surface area contributed by atoms with Gasteiger partial charge < -0.3 is 0 Å². The summed E-state index contributed by atoms with van der Waals surface area (Å²) >= 11 is 0. The van der Waals surface area contributed by atoms with Gasteiger partial charge in [-0.1, -0.05) is 32.6 Å². The zero-order valence-electron chi connectivity index (χ0n) is 8.37. The van der Waals surface area contributed by atoms with Crippen LogP contribution in [-0.4, -0.2) is 9.97 Å². The highest BCUT2D eigenvalue weighted by Crippen LogP contribution is 2.05. The van der Waals surface area contributed by atoms with Crippen molar-refractivity contribution in [3.05, 3.63) is 24.3 Å². The van der Waals surface area contributed by atoms with Crippen molar-refractivity contribution in [2.24, 2.45) is 0 Å². The maximum absolute atomic E-state index is 4.23. The minimum Gasteiger partial charge on any atom is -0.261 e. The van der Waals surface area contributed by atoms with E-state index in [4.69, 9.17) is 0 Å². The molecule has 0 unspecified atom stereocenters. The van der Waals surface area contributed by atoms with Gasteiger partial charge in [-0.25, -0.2) is 0 Å². The van der Waals surface area contributed by atoms with E-state index in [1.54, 1.807) is 12.4 Å². The average molecular weight is 178 g/mol. The molecule has 0 radical (unpaired) electrons. The normalized spacial score (nSPS) is 10.2. The molecule has 0 amide bonds. The summed E-state index contributed by atoms with van der Waals surface area (Å²) in [5, 5.41) is 0. The molecule has 0 aliphatic carbocycles. The van der Waals surface area contributed by atoms with Crippen molar-refractivity contribution >= 4 is 0 Å². The van der Waals surface area contributed by atoms with Crippen LogP contribution in [0.5, 0.6) is 0 Å². The number of nitrogens with zero attached hydrogens (tertiary/aromatic N) is 2. The topological polar surface area (TPSA) is 25.8 Å². The Hall–Kier alpha value is -0.920. The zero-order valence-corrected chi connectivity index (χ0v) is 8.37. The van der Waals surface area contributed by atoms with Gasteiger partial charge in [0, 0.05) is 18.6 Å². The van der Waals surface area contributed by atoms with Crippen molar-refractivity contribution in [1.82, 2.24) is 9.97 Å². The fourth-order valence-corrected chi connectivity index (χ4v) is 1.37. The summed E-state index contributed by atoms with van der Waals surface area (Å²) in [5.41, 5.74) is 1.12. The monoisotopic (exact) mass is 178 g/mol. The summed E-state index contributed by atoms with van der Waals surface area (Å²) in [7, 11) is 0. The van der Waals surface area contributed by atoms with Crippen molar-refractivity contribution < 1.29 is 0 Å². The van der Waals surface area contributed by atoms with Crippen molar-refractivity contribution in [1.29, 1.82) is 0 Å². The first-order valence-electron chi connectivity index (χ1n) is 5.18. The SMILES string of the molecule is CCCCCCCc1cnccn1. The molecule has 0 N–H and O–H groups in total. The first kappa shape index (κ1) is 10.2. The van der Waals surface area contributed by atoms with Crippen molar-refractivity contribution in [3.8, 4) is 0 Å². The molecule has 1 aromatic rings. The number of aromatic nitrogens is 2. The standard InChI is InChI=1S/C11H18N2/c1-2-3-4-5-6-7-11-10-12-8-9-13-11/h8-10H,2-7H2,1H3. The van der Waals surface area contributed by atoms with Crippen molar-refractivity contribution in [3.63, 3.8) is 0 Å². The third kappa shape index (κ3) is 4.61. The molecule has 2 heteroatoms. The smallest absolute Gasteiger partial charge is 0.0586 e. The van der Waals surface area contributed by atoms with E-state index >= 15 is 0 Å². The lowest BCUT2D eigenvalue weighted by Gasteiger charge is -1.99. The predicted molar refractivity (Wildman–Crippen MR) is 54.5 cm³/mol. The van der Waals surface area contributed by atoms with Crippen LogP contribution in [0.2, 0.25) is 0 Å². The highest BCUT2D eigenvalue weighted by Gasteiger charge is 1.93. The summed E-state index contributed by atoms with van der Waals surface area (Å²) in [4.78, 5) is 8.27. The Morgan fingerprint density at radius 3 is 2.62 bits per heavy atom. The van der Waals surface area contributed by atoms with E-state index in [0.29, 0.717) is 0 Å². The lowest BCUT2D eigenvalue weighted by molar-refractivity contribution is 0.627. The van der Waals surface area contributed by atoms with Crippen LogP contribution in [-0.2, 0) is 6.42 Å². The Morgan fingerprint density at radius 2 is 1.92 bits per heavy atom. The average Bonchev–Trinajstić information content (AvgIpc) is 2.19. The van der Waals surface area contributed by atoms with E-state index in [2.05, 4.69) is 16.9 Å². The maximum atomic E-state index is 4.23. The number of hydrogen-bond donors (Lipinski definition) is 0. The predicted octanol–water partition coefficient (Wildman–Crippen LogP) is 2.99. The zero-order chi connectivity index (χ0) is 9.36. The summed E-state index contributed by atoms with van der Waals surface area (Å²) in [5.74, 6) is 0. The first-order valence-corrected chi connectivity index (χ1v) is 5.18. The van der Waals surface area contributed by atoms with Gasteiger partial charge in [-0.05, 0) is 12.8 Å². The van der Waals surface area contributed by atoms with E-state index in [0.717, 1.165) is 12.1 Å². The molecule has 13 heavy (non-hydrogen) atoms. The molecule has 0 spiro atoms. The maximum Gasteiger partial charge on any atom is 0.0586 e. The van der Waals surface area contributed by atoms with Crippen molar-refractivity contribution in [2.75, 3.05) is 0 Å². The lowest BCUT2D eigenvalue weighted by atomic mass is 10.1. The van der Waals surface area contributed by atoms with E-state index in [9.17, 15) is 0 Å². The Kier molecular flexibility index (Phi) is 5.14. The molecule has 72 valence electrons. The Labute approximate surface area is 80.4 Å². The number of rotatable bonds is 6. The quantitative estimate of drug-likeness (QED) is 0.626. The van der Waals surface area contributed by atoms with Gasteiger partial charge in [0.25, 0.3) is 0 Å². The van der Waals surface area contributed by atoms with E-state index < -0.39 is 0 Å². The third-order valence-corrected chi connectivity index (χ3v) is 2.15. The van der Waals surface area contributed by atoms with Crippen LogP contribution in [0.25, 0.3) is 0 Å². The second-order valence-electron chi connectivity index (χ2n) is 3.36. The van der Waals surface area contributed by atoms with Crippen molar-refractivity contribution in [2.45, 2.75) is 45.4 Å². The van der Waals surface area contributed by atoms with E-state index in [1.807, 2.05) is 6.20 Å². The van der Waals surface area contributed by atoms with Gasteiger partial charge in [0.1, 0.15) is 0 Å². The molecule has 0 atom stereocenters. The minimum atomic E-state index is 1.08. The van der Waals surface area contributed by atoms with Gasteiger partial charge in [0.05, 0.1) is 5.69 Å². The summed E-state index contributed by atoms with van der Waals surface area (Å²) in [6.45, 7) is 2.24. The Morgan fingerprint density at radius 1 is 1.08 bits per heavy atom. The number of unbranched alkanes of at least 4 members (excludes halogenated alkanes) is 4. The highest BCUT2D eigenvalue weighted by atomic mass is 14.8. The molecule has 1 heterocycles. The molecule has 0 fully saturated rings. The van der Waals surface area contributed by atoms with Gasteiger partial charge in [-0.15, -0.1) is 0 Å². The van der Waals surface area contributed by atoms with E-state index in [-0.39, 0.29) is 0 Å². The molecule has 2 nitrogen and oxygen atoms in total. The van der Waals surface area contributed by atoms with Crippen LogP contribution in [0, 0.1) is 0 Å². The van der Waals surface area contributed by atoms with Gasteiger partial charge in [-0.2, -0.15) is 0 Å². The molecular weight excluding hydrogens is 160 g/mol. The fraction of sp³-hybridized carbons (Fsp3) is 0.636. The fourth-order valence-electron chi connectivity index (χ4n) is 1.37. The van der Waals surface area contributed by atoms with Gasteiger partial charge in [0.2, 0.25) is 0 Å². The molecule has 1 aromatic heterocycles. The summed E-state index contributed by atoms with van der Waals surface area (Å²) < 4.78 is 0. The van der Waals surface area contributed by atoms with Gasteiger partial charge in [-0.3, -0.25) is 9.97 Å². The molecule has 0 saturated heterocycles. The summed E-state index contributed by atoms with van der Waals surface area (Å²) in [6, 6.07) is 0. The first-order chi connectivity index (χ1) is 6.43. The Balaban J connectivity index is 2.07. The van der Waals surface area contributed by atoms with Crippen LogP contribution in [0.1, 0.15) is 44.7 Å². The van der Waals surface area contributed by atoms with Gasteiger partial charge in [0.15, 0.2) is 0 Å². The second kappa shape index (κ2) is 6.58. The molecule has 0 saturated carbocycles. The minimum absolute atomic E-state index is 1.08. The van der Waals surface area contributed by atoms with Crippen LogP contribution in [0.4, 0.5) is 0 Å². The highest BCUT2D eigenvalue weighted by molar-refractivity contribution is 4.94. The van der Waals surface area contributed by atoms with Crippen LogP contribution in [0.15, 0.2) is 18.6 Å². The third-order valence-electron chi connectivity index (χ3n) is 2.15. The molecule has 0 aliphatic rings. The number of hydrogen-bond acceptors (Lipinski definition) is 2. The summed E-state index contributed by atoms with van der Waals surface area (Å²) in [6.07, 6.45) is 13.0. The molecule has 0 bridgehead atoms. The van der Waals surface area contributed by atoms with Crippen LogP contribution >= 0.6 is 0 Å². The molecular formula is C11H18N2. The second-order valence-corrected chi connectivity index (χ2v) is 3.36. The van der Waals surface area contributed by atoms with E-state index in [1.165, 1.54) is 32.1 Å². The van der Waals surface area contributed by atoms with Crippen LogP contribution < -0.4 is 0 Å². The van der Waals surface area contributed by atoms with Gasteiger partial charge >= 0.3 is 0 Å². The molecule has 0 aromatic carbocycles. The largest absolute Gasteiger partial charge is 0.261 e. The number of aryl methyl sites for hydroxylation is 1. The Bertz CT molecular complexity index is 209. The van der Waals surface area contributed by atoms with Crippen LogP contribution in [0.3, 0.4) is 0 Å². The lowest BCUT2D eigenvalue weighted by Crippen LogP contribution is -1.90. The molecule has 0 aliphatic heterocycles.